The molecule has 0 saturated heterocycles. The van der Waals surface area contributed by atoms with Crippen LogP contribution in [0.25, 0.3) is 0 Å². The molecular weight excluding hydrogens is 362 g/mol. The van der Waals surface area contributed by atoms with Gasteiger partial charge in [0, 0.05) is 23.8 Å². The maximum Gasteiger partial charge on any atom is 0.261 e. The lowest BCUT2D eigenvalue weighted by Crippen LogP contribution is -2.43. The third-order valence-corrected chi connectivity index (χ3v) is 5.75. The molecule has 2 rings (SSSR count). The fourth-order valence-electron chi connectivity index (χ4n) is 2.82. The number of carbonyl (C=O) groups is 1. The van der Waals surface area contributed by atoms with Crippen LogP contribution in [0, 0.1) is 5.92 Å². The van der Waals surface area contributed by atoms with E-state index in [2.05, 4.69) is 28.8 Å². The van der Waals surface area contributed by atoms with Gasteiger partial charge < -0.3 is 10.2 Å². The van der Waals surface area contributed by atoms with Crippen LogP contribution in [0.5, 0.6) is 0 Å². The summed E-state index contributed by atoms with van der Waals surface area (Å²) >= 11 is 0. The molecule has 0 spiro atoms. The SMILES string of the molecule is CC(C)C(CNC(=O)c1ccc(NS(=O)(=O)c2ccccc2)cc1)N(C)C. The van der Waals surface area contributed by atoms with E-state index in [4.69, 9.17) is 0 Å². The number of benzene rings is 2. The first-order valence-electron chi connectivity index (χ1n) is 8.83. The van der Waals surface area contributed by atoms with Gasteiger partial charge >= 0.3 is 0 Å². The van der Waals surface area contributed by atoms with Crippen molar-refractivity contribution in [2.45, 2.75) is 24.8 Å². The summed E-state index contributed by atoms with van der Waals surface area (Å²) in [4.78, 5) is 14.6. The van der Waals surface area contributed by atoms with E-state index in [0.29, 0.717) is 23.7 Å². The van der Waals surface area contributed by atoms with Crippen LogP contribution in [0.2, 0.25) is 0 Å². The van der Waals surface area contributed by atoms with Crippen molar-refractivity contribution < 1.29 is 13.2 Å². The molecular formula is C20H27N3O3S. The second-order valence-electron chi connectivity index (χ2n) is 6.98. The van der Waals surface area contributed by atoms with Gasteiger partial charge in [0.15, 0.2) is 0 Å². The zero-order valence-electron chi connectivity index (χ0n) is 16.1. The Bertz CT molecular complexity index is 840. The highest BCUT2D eigenvalue weighted by Crippen LogP contribution is 2.16. The van der Waals surface area contributed by atoms with Crippen molar-refractivity contribution in [2.24, 2.45) is 5.92 Å². The molecule has 0 aromatic heterocycles. The third-order valence-electron chi connectivity index (χ3n) is 4.36. The third kappa shape index (κ3) is 5.80. The first-order chi connectivity index (χ1) is 12.7. The zero-order chi connectivity index (χ0) is 20.0. The van der Waals surface area contributed by atoms with Crippen molar-refractivity contribution in [3.05, 3.63) is 60.2 Å². The Morgan fingerprint density at radius 3 is 2.11 bits per heavy atom. The second kappa shape index (κ2) is 9.01. The van der Waals surface area contributed by atoms with Gasteiger partial charge in [-0.3, -0.25) is 9.52 Å². The molecule has 2 aromatic rings. The van der Waals surface area contributed by atoms with Crippen LogP contribution in [-0.2, 0) is 10.0 Å². The average Bonchev–Trinajstić information content (AvgIpc) is 2.62. The van der Waals surface area contributed by atoms with Gasteiger partial charge in [0.05, 0.1) is 4.90 Å². The van der Waals surface area contributed by atoms with Crippen LogP contribution in [0.4, 0.5) is 5.69 Å². The van der Waals surface area contributed by atoms with E-state index in [-0.39, 0.29) is 16.8 Å². The van der Waals surface area contributed by atoms with Crippen molar-refractivity contribution >= 4 is 21.6 Å². The lowest BCUT2D eigenvalue weighted by molar-refractivity contribution is 0.0934. The number of hydrogen-bond acceptors (Lipinski definition) is 4. The fraction of sp³-hybridized carbons (Fsp3) is 0.350. The standard InChI is InChI=1S/C20H27N3O3S/c1-15(2)19(23(3)4)14-21-20(24)16-10-12-17(13-11-16)22-27(25,26)18-8-6-5-7-9-18/h5-13,15,19,22H,14H2,1-4H3,(H,21,24). The maximum atomic E-state index is 12.3. The topological polar surface area (TPSA) is 78.5 Å². The van der Waals surface area contributed by atoms with Crippen molar-refractivity contribution in [3.63, 3.8) is 0 Å². The molecule has 0 heterocycles. The Labute approximate surface area is 161 Å². The molecule has 2 aromatic carbocycles. The van der Waals surface area contributed by atoms with E-state index in [0.717, 1.165) is 0 Å². The minimum Gasteiger partial charge on any atom is -0.350 e. The molecule has 0 aliphatic rings. The highest BCUT2D eigenvalue weighted by atomic mass is 32.2. The molecule has 7 heteroatoms. The summed E-state index contributed by atoms with van der Waals surface area (Å²) < 4.78 is 27.2. The van der Waals surface area contributed by atoms with Crippen molar-refractivity contribution in [1.29, 1.82) is 0 Å². The maximum absolute atomic E-state index is 12.3. The van der Waals surface area contributed by atoms with E-state index in [9.17, 15) is 13.2 Å². The molecule has 1 atom stereocenters. The largest absolute Gasteiger partial charge is 0.350 e. The summed E-state index contributed by atoms with van der Waals surface area (Å²) in [6.45, 7) is 4.78. The van der Waals surface area contributed by atoms with Crippen LogP contribution < -0.4 is 10.0 Å². The van der Waals surface area contributed by atoms with Crippen LogP contribution in [0.3, 0.4) is 0 Å². The zero-order valence-corrected chi connectivity index (χ0v) is 17.0. The lowest BCUT2D eigenvalue weighted by Gasteiger charge is -2.28. The average molecular weight is 390 g/mol. The van der Waals surface area contributed by atoms with Gasteiger partial charge in [0.2, 0.25) is 0 Å². The van der Waals surface area contributed by atoms with Crippen molar-refractivity contribution in [3.8, 4) is 0 Å². The number of sulfonamides is 1. The monoisotopic (exact) mass is 389 g/mol. The van der Waals surface area contributed by atoms with E-state index < -0.39 is 10.0 Å². The lowest BCUT2D eigenvalue weighted by atomic mass is 10.0. The Morgan fingerprint density at radius 1 is 1.00 bits per heavy atom. The van der Waals surface area contributed by atoms with Crippen molar-refractivity contribution in [2.75, 3.05) is 25.4 Å². The first-order valence-corrected chi connectivity index (χ1v) is 10.3. The highest BCUT2D eigenvalue weighted by Gasteiger charge is 2.17. The van der Waals surface area contributed by atoms with Gasteiger partial charge in [0.1, 0.15) is 0 Å². The molecule has 1 amide bonds. The fourth-order valence-corrected chi connectivity index (χ4v) is 3.90. The van der Waals surface area contributed by atoms with E-state index in [1.165, 1.54) is 12.1 Å². The molecule has 0 radical (unpaired) electrons. The molecule has 0 aliphatic heterocycles. The number of anilines is 1. The summed E-state index contributed by atoms with van der Waals surface area (Å²) in [5.74, 6) is 0.232. The van der Waals surface area contributed by atoms with Gasteiger partial charge in [-0.1, -0.05) is 32.0 Å². The number of rotatable bonds is 8. The predicted octanol–water partition coefficient (Wildman–Crippen LogP) is 2.80. The summed E-state index contributed by atoms with van der Waals surface area (Å²) in [6, 6.07) is 14.8. The molecule has 2 N–H and O–H groups in total. The van der Waals surface area contributed by atoms with Gasteiger partial charge in [-0.15, -0.1) is 0 Å². The van der Waals surface area contributed by atoms with Gasteiger partial charge in [0.25, 0.3) is 15.9 Å². The Morgan fingerprint density at radius 2 is 1.59 bits per heavy atom. The number of nitrogens with zero attached hydrogens (tertiary/aromatic N) is 1. The Balaban J connectivity index is 2.01. The van der Waals surface area contributed by atoms with Crippen molar-refractivity contribution in [1.82, 2.24) is 10.2 Å². The second-order valence-corrected chi connectivity index (χ2v) is 8.66. The van der Waals surface area contributed by atoms with E-state index in [1.54, 1.807) is 42.5 Å². The number of carbonyl (C=O) groups excluding carboxylic acids is 1. The minimum atomic E-state index is -3.64. The summed E-state index contributed by atoms with van der Waals surface area (Å²) in [5, 5.41) is 2.94. The molecule has 146 valence electrons. The molecule has 6 nitrogen and oxygen atoms in total. The van der Waals surface area contributed by atoms with Crippen LogP contribution in [0.1, 0.15) is 24.2 Å². The highest BCUT2D eigenvalue weighted by molar-refractivity contribution is 7.92. The van der Waals surface area contributed by atoms with E-state index >= 15 is 0 Å². The number of hydrogen-bond donors (Lipinski definition) is 2. The van der Waals surface area contributed by atoms with Gasteiger partial charge in [-0.2, -0.15) is 0 Å². The molecule has 27 heavy (non-hydrogen) atoms. The van der Waals surface area contributed by atoms with Crippen LogP contribution >= 0.6 is 0 Å². The molecule has 1 unspecified atom stereocenters. The Kier molecular flexibility index (Phi) is 6.98. The summed E-state index contributed by atoms with van der Waals surface area (Å²) in [5.41, 5.74) is 0.891. The molecule has 0 aliphatic carbocycles. The molecule has 0 saturated carbocycles. The summed E-state index contributed by atoms with van der Waals surface area (Å²) in [6.07, 6.45) is 0. The van der Waals surface area contributed by atoms with Gasteiger partial charge in [-0.05, 0) is 56.4 Å². The normalized spacial score (nSPS) is 12.8. The smallest absolute Gasteiger partial charge is 0.261 e. The predicted molar refractivity (Wildman–Crippen MR) is 108 cm³/mol. The van der Waals surface area contributed by atoms with Crippen LogP contribution in [-0.4, -0.2) is 45.9 Å². The number of nitrogens with one attached hydrogen (secondary N) is 2. The number of amides is 1. The first kappa shape index (κ1) is 20.9. The minimum absolute atomic E-state index is 0.181. The van der Waals surface area contributed by atoms with Crippen LogP contribution in [0.15, 0.2) is 59.5 Å². The molecule has 0 fully saturated rings. The summed E-state index contributed by atoms with van der Waals surface area (Å²) in [7, 11) is 0.338. The quantitative estimate of drug-likeness (QED) is 0.728. The number of likely N-dealkylation sites (N-methyl/N-ethyl adjacent to an activating group) is 1. The van der Waals surface area contributed by atoms with E-state index in [1.807, 2.05) is 14.1 Å². The Hall–Kier alpha value is -2.38. The van der Waals surface area contributed by atoms with Gasteiger partial charge in [-0.25, -0.2) is 8.42 Å². The molecule has 0 bridgehead atoms.